The van der Waals surface area contributed by atoms with Crippen LogP contribution in [0.1, 0.15) is 48.5 Å². The summed E-state index contributed by atoms with van der Waals surface area (Å²) in [5.41, 5.74) is 2.65. The Balaban J connectivity index is 1.72. The highest BCUT2D eigenvalue weighted by molar-refractivity contribution is 5.94. The quantitative estimate of drug-likeness (QED) is 0.757. The van der Waals surface area contributed by atoms with Gasteiger partial charge in [-0.2, -0.15) is 0 Å². The second kappa shape index (κ2) is 8.87. The number of anilines is 1. The molecule has 2 aromatic rings. The third kappa shape index (κ3) is 5.54. The number of hydrogen-bond donors (Lipinski definition) is 2. The maximum Gasteiger partial charge on any atom is 0.251 e. The maximum absolute atomic E-state index is 12.0. The molecule has 126 valence electrons. The minimum atomic E-state index is -0.111. The minimum absolute atomic E-state index is 0.0372. The van der Waals surface area contributed by atoms with Gasteiger partial charge in [0.1, 0.15) is 0 Å². The first-order valence-corrected chi connectivity index (χ1v) is 8.29. The summed E-state index contributed by atoms with van der Waals surface area (Å²) in [6, 6.07) is 17.0. The standard InChI is InChI=1S/C20H24N2O2/c1-15(2)17-10-6-11-18(14-17)22-19(23)12-7-13-21-20(24)16-8-4-3-5-9-16/h3-6,8-11,14-15H,7,12-13H2,1-2H3,(H,21,24)(H,22,23). The van der Waals surface area contributed by atoms with Gasteiger partial charge in [0.25, 0.3) is 5.91 Å². The first-order chi connectivity index (χ1) is 11.6. The van der Waals surface area contributed by atoms with Gasteiger partial charge in [0.2, 0.25) is 5.91 Å². The number of carbonyl (C=O) groups excluding carboxylic acids is 2. The van der Waals surface area contributed by atoms with Crippen molar-refractivity contribution in [1.29, 1.82) is 0 Å². The van der Waals surface area contributed by atoms with Crippen molar-refractivity contribution in [2.75, 3.05) is 11.9 Å². The van der Waals surface area contributed by atoms with Gasteiger partial charge in [0, 0.05) is 24.2 Å². The zero-order valence-electron chi connectivity index (χ0n) is 14.2. The average molecular weight is 324 g/mol. The van der Waals surface area contributed by atoms with E-state index < -0.39 is 0 Å². The second-order valence-electron chi connectivity index (χ2n) is 6.05. The summed E-state index contributed by atoms with van der Waals surface area (Å²) < 4.78 is 0. The molecule has 4 nitrogen and oxygen atoms in total. The van der Waals surface area contributed by atoms with E-state index in [9.17, 15) is 9.59 Å². The van der Waals surface area contributed by atoms with Crippen molar-refractivity contribution >= 4 is 17.5 Å². The van der Waals surface area contributed by atoms with Gasteiger partial charge in [-0.25, -0.2) is 0 Å². The minimum Gasteiger partial charge on any atom is -0.352 e. The fraction of sp³-hybridized carbons (Fsp3) is 0.300. The number of nitrogens with one attached hydrogen (secondary N) is 2. The van der Waals surface area contributed by atoms with E-state index in [1.807, 2.05) is 36.4 Å². The molecule has 2 N–H and O–H groups in total. The third-order valence-electron chi connectivity index (χ3n) is 3.74. The summed E-state index contributed by atoms with van der Waals surface area (Å²) in [6.45, 7) is 4.72. The number of carbonyl (C=O) groups is 2. The van der Waals surface area contributed by atoms with Gasteiger partial charge in [0.15, 0.2) is 0 Å². The Labute approximate surface area is 143 Å². The average Bonchev–Trinajstić information content (AvgIpc) is 2.59. The molecule has 0 fully saturated rings. The summed E-state index contributed by atoms with van der Waals surface area (Å²) in [5, 5.41) is 5.73. The molecule has 0 saturated heterocycles. The predicted molar refractivity (Wildman–Crippen MR) is 97.2 cm³/mol. The monoisotopic (exact) mass is 324 g/mol. The van der Waals surface area contributed by atoms with Crippen LogP contribution in [0.3, 0.4) is 0 Å². The summed E-state index contributed by atoms with van der Waals surface area (Å²) in [6.07, 6.45) is 0.981. The Bertz CT molecular complexity index is 681. The SMILES string of the molecule is CC(C)c1cccc(NC(=O)CCCNC(=O)c2ccccc2)c1. The molecule has 0 atom stereocenters. The Morgan fingerprint density at radius 3 is 2.46 bits per heavy atom. The van der Waals surface area contributed by atoms with Crippen LogP contribution in [0.5, 0.6) is 0 Å². The van der Waals surface area contributed by atoms with Gasteiger partial charge in [0.05, 0.1) is 0 Å². The number of hydrogen-bond acceptors (Lipinski definition) is 2. The Hall–Kier alpha value is -2.62. The predicted octanol–water partition coefficient (Wildman–Crippen LogP) is 3.96. The van der Waals surface area contributed by atoms with E-state index in [0.29, 0.717) is 30.9 Å². The summed E-state index contributed by atoms with van der Waals surface area (Å²) in [7, 11) is 0. The van der Waals surface area contributed by atoms with Crippen LogP contribution in [-0.2, 0) is 4.79 Å². The molecule has 0 radical (unpaired) electrons. The summed E-state index contributed by atoms with van der Waals surface area (Å²) in [4.78, 5) is 23.9. The normalized spacial score (nSPS) is 10.5. The zero-order valence-corrected chi connectivity index (χ0v) is 14.2. The topological polar surface area (TPSA) is 58.2 Å². The van der Waals surface area contributed by atoms with Crippen LogP contribution < -0.4 is 10.6 Å². The van der Waals surface area contributed by atoms with E-state index in [2.05, 4.69) is 30.5 Å². The number of amides is 2. The second-order valence-corrected chi connectivity index (χ2v) is 6.05. The maximum atomic E-state index is 12.0. The molecule has 0 heterocycles. The van der Waals surface area contributed by atoms with E-state index >= 15 is 0 Å². The Morgan fingerprint density at radius 2 is 1.75 bits per heavy atom. The molecule has 0 aliphatic rings. The molecule has 0 bridgehead atoms. The third-order valence-corrected chi connectivity index (χ3v) is 3.74. The van der Waals surface area contributed by atoms with Crippen molar-refractivity contribution in [2.45, 2.75) is 32.6 Å². The molecule has 0 spiro atoms. The highest BCUT2D eigenvalue weighted by atomic mass is 16.2. The molecule has 0 aliphatic heterocycles. The molecule has 4 heteroatoms. The van der Waals surface area contributed by atoms with Gasteiger partial charge >= 0.3 is 0 Å². The lowest BCUT2D eigenvalue weighted by Crippen LogP contribution is -2.25. The molecular weight excluding hydrogens is 300 g/mol. The summed E-state index contributed by atoms with van der Waals surface area (Å²) in [5.74, 6) is 0.278. The zero-order chi connectivity index (χ0) is 17.4. The van der Waals surface area contributed by atoms with Crippen LogP contribution in [0, 0.1) is 0 Å². The van der Waals surface area contributed by atoms with E-state index in [0.717, 1.165) is 5.69 Å². The van der Waals surface area contributed by atoms with Crippen molar-refractivity contribution < 1.29 is 9.59 Å². The highest BCUT2D eigenvalue weighted by Crippen LogP contribution is 2.18. The van der Waals surface area contributed by atoms with E-state index in [4.69, 9.17) is 0 Å². The van der Waals surface area contributed by atoms with Gasteiger partial charge < -0.3 is 10.6 Å². The Kier molecular flexibility index (Phi) is 6.55. The molecule has 2 aromatic carbocycles. The molecule has 2 amide bonds. The fourth-order valence-electron chi connectivity index (χ4n) is 2.34. The van der Waals surface area contributed by atoms with E-state index in [1.54, 1.807) is 12.1 Å². The molecule has 0 aromatic heterocycles. The molecule has 0 unspecified atom stereocenters. The molecular formula is C20H24N2O2. The Morgan fingerprint density at radius 1 is 1.00 bits per heavy atom. The van der Waals surface area contributed by atoms with Crippen LogP contribution in [0.15, 0.2) is 54.6 Å². The van der Waals surface area contributed by atoms with Crippen LogP contribution in [0.4, 0.5) is 5.69 Å². The lowest BCUT2D eigenvalue weighted by Gasteiger charge is -2.10. The van der Waals surface area contributed by atoms with Crippen LogP contribution in [0.25, 0.3) is 0 Å². The van der Waals surface area contributed by atoms with Crippen molar-refractivity contribution in [3.05, 3.63) is 65.7 Å². The van der Waals surface area contributed by atoms with Crippen LogP contribution in [0.2, 0.25) is 0 Å². The lowest BCUT2D eigenvalue weighted by molar-refractivity contribution is -0.116. The van der Waals surface area contributed by atoms with Gasteiger partial charge in [-0.15, -0.1) is 0 Å². The highest BCUT2D eigenvalue weighted by Gasteiger charge is 2.06. The first kappa shape index (κ1) is 17.7. The van der Waals surface area contributed by atoms with Crippen LogP contribution in [-0.4, -0.2) is 18.4 Å². The van der Waals surface area contributed by atoms with E-state index in [1.165, 1.54) is 5.56 Å². The fourth-order valence-corrected chi connectivity index (χ4v) is 2.34. The van der Waals surface area contributed by atoms with Crippen molar-refractivity contribution in [3.63, 3.8) is 0 Å². The van der Waals surface area contributed by atoms with Crippen molar-refractivity contribution in [3.8, 4) is 0 Å². The van der Waals surface area contributed by atoms with Crippen molar-refractivity contribution in [2.24, 2.45) is 0 Å². The first-order valence-electron chi connectivity index (χ1n) is 8.29. The molecule has 0 saturated carbocycles. The van der Waals surface area contributed by atoms with Crippen LogP contribution >= 0.6 is 0 Å². The smallest absolute Gasteiger partial charge is 0.251 e. The summed E-state index contributed by atoms with van der Waals surface area (Å²) >= 11 is 0. The van der Waals surface area contributed by atoms with Gasteiger partial charge in [-0.3, -0.25) is 9.59 Å². The number of rotatable bonds is 7. The van der Waals surface area contributed by atoms with Gasteiger partial charge in [-0.1, -0.05) is 44.2 Å². The lowest BCUT2D eigenvalue weighted by atomic mass is 10.0. The largest absolute Gasteiger partial charge is 0.352 e. The van der Waals surface area contributed by atoms with Gasteiger partial charge in [-0.05, 0) is 42.2 Å². The van der Waals surface area contributed by atoms with Crippen molar-refractivity contribution in [1.82, 2.24) is 5.32 Å². The molecule has 2 rings (SSSR count). The molecule has 0 aliphatic carbocycles. The van der Waals surface area contributed by atoms with E-state index in [-0.39, 0.29) is 11.8 Å². The number of benzene rings is 2. The molecule has 24 heavy (non-hydrogen) atoms.